The molecule has 0 bridgehead atoms. The third-order valence-electron chi connectivity index (χ3n) is 2.12. The molecule has 0 unspecified atom stereocenters. The largest absolute Gasteiger partial charge is 0.497 e. The van der Waals surface area contributed by atoms with Gasteiger partial charge in [0.05, 0.1) is 7.11 Å². The normalized spacial score (nSPS) is 10.3. The van der Waals surface area contributed by atoms with E-state index >= 15 is 0 Å². The lowest BCUT2D eigenvalue weighted by atomic mass is 10.2. The number of hydrogen-bond donors (Lipinski definition) is 1. The van der Waals surface area contributed by atoms with Crippen LogP contribution in [0.5, 0.6) is 5.75 Å². The van der Waals surface area contributed by atoms with Crippen molar-refractivity contribution in [3.63, 3.8) is 0 Å². The van der Waals surface area contributed by atoms with Gasteiger partial charge in [-0.25, -0.2) is 4.68 Å². The standard InChI is InChI=1S/C10H12N4O/c1-14-10(11)12-9(13-14)7-4-3-5-8(6-7)15-2/h3-6H,1-2H3,(H2,11,12,13). The van der Waals surface area contributed by atoms with Gasteiger partial charge >= 0.3 is 0 Å². The fourth-order valence-corrected chi connectivity index (χ4v) is 1.28. The van der Waals surface area contributed by atoms with Crippen LogP contribution < -0.4 is 10.5 Å². The summed E-state index contributed by atoms with van der Waals surface area (Å²) in [5, 5.41) is 4.18. The number of rotatable bonds is 2. The van der Waals surface area contributed by atoms with Crippen LogP contribution in [0.3, 0.4) is 0 Å². The van der Waals surface area contributed by atoms with E-state index in [4.69, 9.17) is 10.5 Å². The molecule has 0 aliphatic heterocycles. The Morgan fingerprint density at radius 3 is 2.80 bits per heavy atom. The third kappa shape index (κ3) is 1.76. The van der Waals surface area contributed by atoms with E-state index in [1.165, 1.54) is 4.68 Å². The van der Waals surface area contributed by atoms with E-state index < -0.39 is 0 Å². The number of anilines is 1. The highest BCUT2D eigenvalue weighted by Gasteiger charge is 2.06. The summed E-state index contributed by atoms with van der Waals surface area (Å²) in [6.07, 6.45) is 0. The van der Waals surface area contributed by atoms with Crippen LogP contribution in [0.1, 0.15) is 0 Å². The molecule has 1 heterocycles. The van der Waals surface area contributed by atoms with Crippen molar-refractivity contribution in [2.75, 3.05) is 12.8 Å². The lowest BCUT2D eigenvalue weighted by molar-refractivity contribution is 0.415. The average Bonchev–Trinajstić information content (AvgIpc) is 2.59. The molecule has 5 heteroatoms. The van der Waals surface area contributed by atoms with E-state index in [2.05, 4.69) is 10.1 Å². The van der Waals surface area contributed by atoms with Crippen molar-refractivity contribution in [2.45, 2.75) is 0 Å². The topological polar surface area (TPSA) is 66.0 Å². The first-order valence-electron chi connectivity index (χ1n) is 4.51. The third-order valence-corrected chi connectivity index (χ3v) is 2.12. The maximum absolute atomic E-state index is 5.61. The Labute approximate surface area is 87.5 Å². The Morgan fingerprint density at radius 2 is 2.20 bits per heavy atom. The minimum Gasteiger partial charge on any atom is -0.497 e. The van der Waals surface area contributed by atoms with Crippen molar-refractivity contribution < 1.29 is 4.74 Å². The number of methoxy groups -OCH3 is 1. The van der Waals surface area contributed by atoms with Crippen LogP contribution in [0.15, 0.2) is 24.3 Å². The van der Waals surface area contributed by atoms with E-state index in [1.807, 2.05) is 24.3 Å². The molecule has 0 spiro atoms. The van der Waals surface area contributed by atoms with Gasteiger partial charge < -0.3 is 10.5 Å². The van der Waals surface area contributed by atoms with Crippen molar-refractivity contribution in [1.82, 2.24) is 14.8 Å². The zero-order valence-corrected chi connectivity index (χ0v) is 8.64. The molecule has 2 N–H and O–H groups in total. The van der Waals surface area contributed by atoms with Crippen LogP contribution in [0, 0.1) is 0 Å². The second-order valence-corrected chi connectivity index (χ2v) is 3.15. The van der Waals surface area contributed by atoms with E-state index in [0.717, 1.165) is 11.3 Å². The molecular formula is C10H12N4O. The van der Waals surface area contributed by atoms with Gasteiger partial charge in [0.25, 0.3) is 0 Å². The van der Waals surface area contributed by atoms with Crippen molar-refractivity contribution in [3.8, 4) is 17.1 Å². The minimum atomic E-state index is 0.396. The lowest BCUT2D eigenvalue weighted by Crippen LogP contribution is -1.97. The van der Waals surface area contributed by atoms with Gasteiger partial charge in [-0.3, -0.25) is 0 Å². The number of nitrogens with two attached hydrogens (primary N) is 1. The Bertz CT molecular complexity index is 459. The fraction of sp³-hybridized carbons (Fsp3) is 0.200. The summed E-state index contributed by atoms with van der Waals surface area (Å²) in [5.74, 6) is 1.78. The van der Waals surface area contributed by atoms with Crippen LogP contribution in [0.25, 0.3) is 11.4 Å². The molecule has 0 aliphatic rings. The molecule has 0 aliphatic carbocycles. The average molecular weight is 204 g/mol. The van der Waals surface area contributed by atoms with Crippen molar-refractivity contribution in [3.05, 3.63) is 24.3 Å². The smallest absolute Gasteiger partial charge is 0.218 e. The molecule has 2 aromatic rings. The maximum atomic E-state index is 5.61. The maximum Gasteiger partial charge on any atom is 0.218 e. The van der Waals surface area contributed by atoms with Crippen LogP contribution in [-0.2, 0) is 7.05 Å². The quantitative estimate of drug-likeness (QED) is 0.794. The summed E-state index contributed by atoms with van der Waals surface area (Å²) < 4.78 is 6.66. The highest BCUT2D eigenvalue weighted by molar-refractivity contribution is 5.58. The monoisotopic (exact) mass is 204 g/mol. The predicted octanol–water partition coefficient (Wildman–Crippen LogP) is 1.07. The highest BCUT2D eigenvalue weighted by Crippen LogP contribution is 2.21. The molecule has 0 fully saturated rings. The Kier molecular flexibility index (Phi) is 2.29. The second-order valence-electron chi connectivity index (χ2n) is 3.15. The first-order chi connectivity index (χ1) is 7.20. The van der Waals surface area contributed by atoms with E-state index in [-0.39, 0.29) is 0 Å². The molecule has 1 aromatic carbocycles. The summed E-state index contributed by atoms with van der Waals surface area (Å²) in [4.78, 5) is 4.13. The molecule has 1 aromatic heterocycles. The highest BCUT2D eigenvalue weighted by atomic mass is 16.5. The molecule has 0 saturated heterocycles. The summed E-state index contributed by atoms with van der Waals surface area (Å²) >= 11 is 0. The molecule has 15 heavy (non-hydrogen) atoms. The number of nitrogens with zero attached hydrogens (tertiary/aromatic N) is 3. The minimum absolute atomic E-state index is 0.396. The molecule has 0 saturated carbocycles. The summed E-state index contributed by atoms with van der Waals surface area (Å²) in [6.45, 7) is 0. The number of hydrogen-bond acceptors (Lipinski definition) is 4. The molecular weight excluding hydrogens is 192 g/mol. The molecule has 5 nitrogen and oxygen atoms in total. The number of ether oxygens (including phenoxy) is 1. The molecule has 0 radical (unpaired) electrons. The lowest BCUT2D eigenvalue weighted by Gasteiger charge is -2.00. The number of benzene rings is 1. The van der Waals surface area contributed by atoms with Crippen LogP contribution in [0.4, 0.5) is 5.95 Å². The van der Waals surface area contributed by atoms with Gasteiger partial charge in [-0.1, -0.05) is 12.1 Å². The number of aromatic nitrogens is 3. The van der Waals surface area contributed by atoms with Gasteiger partial charge in [0.15, 0.2) is 5.82 Å². The SMILES string of the molecule is COc1cccc(-c2nc(N)n(C)n2)c1. The zero-order chi connectivity index (χ0) is 10.8. The zero-order valence-electron chi connectivity index (χ0n) is 8.64. The number of nitrogen functional groups attached to an aromatic ring is 1. The van der Waals surface area contributed by atoms with Crippen LogP contribution in [-0.4, -0.2) is 21.9 Å². The molecule has 2 rings (SSSR count). The Morgan fingerprint density at radius 1 is 1.40 bits per heavy atom. The number of aryl methyl sites for hydroxylation is 1. The Balaban J connectivity index is 2.44. The first kappa shape index (κ1) is 9.51. The van der Waals surface area contributed by atoms with Crippen LogP contribution >= 0.6 is 0 Å². The fourth-order valence-electron chi connectivity index (χ4n) is 1.28. The van der Waals surface area contributed by atoms with E-state index in [0.29, 0.717) is 11.8 Å². The van der Waals surface area contributed by atoms with Gasteiger partial charge in [-0.2, -0.15) is 4.98 Å². The predicted molar refractivity (Wildman–Crippen MR) is 57.4 cm³/mol. The van der Waals surface area contributed by atoms with Gasteiger partial charge in [0.2, 0.25) is 5.95 Å². The molecule has 78 valence electrons. The second kappa shape index (κ2) is 3.61. The summed E-state index contributed by atoms with van der Waals surface area (Å²) in [5.41, 5.74) is 6.50. The molecule has 0 atom stereocenters. The summed E-state index contributed by atoms with van der Waals surface area (Å²) in [6, 6.07) is 7.54. The van der Waals surface area contributed by atoms with Gasteiger partial charge in [-0.05, 0) is 12.1 Å². The van der Waals surface area contributed by atoms with E-state index in [1.54, 1.807) is 14.2 Å². The van der Waals surface area contributed by atoms with Gasteiger partial charge in [0, 0.05) is 12.6 Å². The van der Waals surface area contributed by atoms with Gasteiger partial charge in [0.1, 0.15) is 5.75 Å². The molecule has 0 amide bonds. The first-order valence-corrected chi connectivity index (χ1v) is 4.51. The van der Waals surface area contributed by atoms with Gasteiger partial charge in [-0.15, -0.1) is 5.10 Å². The summed E-state index contributed by atoms with van der Waals surface area (Å²) in [7, 11) is 3.38. The van der Waals surface area contributed by atoms with Crippen molar-refractivity contribution >= 4 is 5.95 Å². The van der Waals surface area contributed by atoms with Crippen molar-refractivity contribution in [2.24, 2.45) is 7.05 Å². The van der Waals surface area contributed by atoms with E-state index in [9.17, 15) is 0 Å². The Hall–Kier alpha value is -2.04. The van der Waals surface area contributed by atoms with Crippen LogP contribution in [0.2, 0.25) is 0 Å². The van der Waals surface area contributed by atoms with Crippen molar-refractivity contribution in [1.29, 1.82) is 0 Å².